The van der Waals surface area contributed by atoms with E-state index in [1.54, 1.807) is 21.8 Å². The minimum absolute atomic E-state index is 0.134. The number of aryl methyl sites for hydroxylation is 2. The molecule has 3 aromatic heterocycles. The van der Waals surface area contributed by atoms with Crippen molar-refractivity contribution in [2.45, 2.75) is 19.5 Å². The molecule has 0 spiro atoms. The zero-order valence-electron chi connectivity index (χ0n) is 14.8. The first-order chi connectivity index (χ1) is 12.6. The summed E-state index contributed by atoms with van der Waals surface area (Å²) in [6.07, 6.45) is 5.66. The Morgan fingerprint density at radius 2 is 2.31 bits per heavy atom. The molecule has 4 heterocycles. The van der Waals surface area contributed by atoms with Crippen molar-refractivity contribution >= 4 is 5.91 Å². The van der Waals surface area contributed by atoms with Crippen molar-refractivity contribution in [2.75, 3.05) is 19.8 Å². The molecule has 1 aliphatic rings. The second kappa shape index (κ2) is 6.80. The van der Waals surface area contributed by atoms with Crippen molar-refractivity contribution in [2.24, 2.45) is 7.05 Å². The SMILES string of the molecule is Cc1cnn(Cc2cc(C(=O)N3CCOCC3c3cccn3C)no2)c1. The molecule has 0 aliphatic carbocycles. The van der Waals surface area contributed by atoms with Crippen LogP contribution in [-0.4, -0.2) is 50.1 Å². The molecule has 136 valence electrons. The zero-order valence-corrected chi connectivity index (χ0v) is 14.8. The van der Waals surface area contributed by atoms with Gasteiger partial charge in [-0.25, -0.2) is 0 Å². The van der Waals surface area contributed by atoms with Crippen LogP contribution in [0.15, 0.2) is 41.3 Å². The summed E-state index contributed by atoms with van der Waals surface area (Å²) in [6, 6.07) is 5.53. The molecule has 3 aromatic rings. The highest BCUT2D eigenvalue weighted by atomic mass is 16.5. The van der Waals surface area contributed by atoms with E-state index < -0.39 is 0 Å². The highest BCUT2D eigenvalue weighted by molar-refractivity contribution is 5.92. The number of rotatable bonds is 4. The van der Waals surface area contributed by atoms with Gasteiger partial charge in [-0.2, -0.15) is 5.10 Å². The number of carbonyl (C=O) groups excluding carboxylic acids is 1. The number of ether oxygens (including phenoxy) is 1. The van der Waals surface area contributed by atoms with Gasteiger partial charge in [-0.05, 0) is 24.6 Å². The minimum Gasteiger partial charge on any atom is -0.377 e. The first kappa shape index (κ1) is 16.6. The van der Waals surface area contributed by atoms with Crippen molar-refractivity contribution in [3.63, 3.8) is 0 Å². The lowest BCUT2D eigenvalue weighted by Gasteiger charge is -2.35. The van der Waals surface area contributed by atoms with E-state index in [0.29, 0.717) is 37.8 Å². The van der Waals surface area contributed by atoms with Crippen LogP contribution in [0.25, 0.3) is 0 Å². The lowest BCUT2D eigenvalue weighted by atomic mass is 10.1. The van der Waals surface area contributed by atoms with Crippen molar-refractivity contribution in [1.29, 1.82) is 0 Å². The van der Waals surface area contributed by atoms with Crippen LogP contribution in [0.2, 0.25) is 0 Å². The molecule has 1 amide bonds. The molecule has 1 aliphatic heterocycles. The molecule has 4 rings (SSSR count). The summed E-state index contributed by atoms with van der Waals surface area (Å²) in [5.41, 5.74) is 2.42. The molecule has 0 saturated carbocycles. The Hall–Kier alpha value is -2.87. The van der Waals surface area contributed by atoms with E-state index in [4.69, 9.17) is 9.26 Å². The number of hydrogen-bond acceptors (Lipinski definition) is 5. The van der Waals surface area contributed by atoms with E-state index in [-0.39, 0.29) is 11.9 Å². The van der Waals surface area contributed by atoms with Gasteiger partial charge in [0.25, 0.3) is 5.91 Å². The molecule has 1 saturated heterocycles. The Kier molecular flexibility index (Phi) is 4.34. The van der Waals surface area contributed by atoms with Crippen LogP contribution in [0.3, 0.4) is 0 Å². The Morgan fingerprint density at radius 1 is 1.42 bits per heavy atom. The number of hydrogen-bond donors (Lipinski definition) is 0. The van der Waals surface area contributed by atoms with Crippen LogP contribution >= 0.6 is 0 Å². The molecule has 1 fully saturated rings. The summed E-state index contributed by atoms with van der Waals surface area (Å²) >= 11 is 0. The predicted molar refractivity (Wildman–Crippen MR) is 92.6 cm³/mol. The lowest BCUT2D eigenvalue weighted by Crippen LogP contribution is -2.44. The Labute approximate surface area is 150 Å². The normalized spacial score (nSPS) is 17.6. The van der Waals surface area contributed by atoms with Gasteiger partial charge in [-0.1, -0.05) is 5.16 Å². The summed E-state index contributed by atoms with van der Waals surface area (Å²) in [4.78, 5) is 14.8. The van der Waals surface area contributed by atoms with E-state index in [2.05, 4.69) is 10.3 Å². The van der Waals surface area contributed by atoms with E-state index >= 15 is 0 Å². The van der Waals surface area contributed by atoms with Crippen molar-refractivity contribution in [1.82, 2.24) is 24.4 Å². The third-order valence-corrected chi connectivity index (χ3v) is 4.57. The Morgan fingerprint density at radius 3 is 3.04 bits per heavy atom. The highest BCUT2D eigenvalue weighted by Gasteiger charge is 2.32. The van der Waals surface area contributed by atoms with Crippen molar-refractivity contribution in [3.05, 3.63) is 59.5 Å². The second-order valence-electron chi connectivity index (χ2n) is 6.53. The van der Waals surface area contributed by atoms with Gasteiger partial charge in [0.05, 0.1) is 25.5 Å². The summed E-state index contributed by atoms with van der Waals surface area (Å²) in [6.45, 7) is 3.93. The van der Waals surface area contributed by atoms with Crippen LogP contribution in [0.1, 0.15) is 33.5 Å². The Bertz CT molecular complexity index is 909. The number of amides is 1. The van der Waals surface area contributed by atoms with Crippen LogP contribution in [-0.2, 0) is 18.3 Å². The number of morpholine rings is 1. The standard InChI is InChI=1S/C18H21N5O3/c1-13-9-19-22(10-13)11-14-8-15(20-26-14)18(24)23-6-7-25-12-17(23)16-4-3-5-21(16)2/h3-5,8-10,17H,6-7,11-12H2,1-2H3. The molecular weight excluding hydrogens is 334 g/mol. The average molecular weight is 355 g/mol. The van der Waals surface area contributed by atoms with Crippen LogP contribution < -0.4 is 0 Å². The van der Waals surface area contributed by atoms with Crippen molar-refractivity contribution < 1.29 is 14.1 Å². The maximum absolute atomic E-state index is 13.0. The predicted octanol–water partition coefficient (Wildman–Crippen LogP) is 1.78. The molecule has 8 heteroatoms. The Balaban J connectivity index is 1.53. The monoisotopic (exact) mass is 355 g/mol. The quantitative estimate of drug-likeness (QED) is 0.713. The minimum atomic E-state index is -0.147. The van der Waals surface area contributed by atoms with E-state index in [1.807, 2.05) is 43.1 Å². The summed E-state index contributed by atoms with van der Waals surface area (Å²) in [5, 5.41) is 8.20. The highest BCUT2D eigenvalue weighted by Crippen LogP contribution is 2.26. The van der Waals surface area contributed by atoms with Gasteiger partial charge in [0, 0.05) is 37.7 Å². The number of nitrogens with zero attached hydrogens (tertiary/aromatic N) is 5. The molecule has 0 radical (unpaired) electrons. The maximum atomic E-state index is 13.0. The molecule has 26 heavy (non-hydrogen) atoms. The molecule has 1 unspecified atom stereocenters. The third-order valence-electron chi connectivity index (χ3n) is 4.57. The van der Waals surface area contributed by atoms with Gasteiger partial charge in [-0.3, -0.25) is 9.48 Å². The second-order valence-corrected chi connectivity index (χ2v) is 6.53. The average Bonchev–Trinajstić information content (AvgIpc) is 3.37. The van der Waals surface area contributed by atoms with E-state index in [1.165, 1.54) is 0 Å². The van der Waals surface area contributed by atoms with E-state index in [0.717, 1.165) is 11.3 Å². The lowest BCUT2D eigenvalue weighted by molar-refractivity contribution is -0.00513. The summed E-state index contributed by atoms with van der Waals surface area (Å²) < 4.78 is 14.7. The van der Waals surface area contributed by atoms with Gasteiger partial charge in [0.1, 0.15) is 6.54 Å². The van der Waals surface area contributed by atoms with E-state index in [9.17, 15) is 4.79 Å². The first-order valence-electron chi connectivity index (χ1n) is 8.56. The fourth-order valence-electron chi connectivity index (χ4n) is 3.26. The topological polar surface area (TPSA) is 78.3 Å². The number of carbonyl (C=O) groups is 1. The van der Waals surface area contributed by atoms with Gasteiger partial charge in [0.15, 0.2) is 11.5 Å². The third kappa shape index (κ3) is 3.15. The van der Waals surface area contributed by atoms with Crippen LogP contribution in [0, 0.1) is 6.92 Å². The van der Waals surface area contributed by atoms with Gasteiger partial charge in [-0.15, -0.1) is 0 Å². The van der Waals surface area contributed by atoms with Gasteiger partial charge in [0.2, 0.25) is 0 Å². The first-order valence-corrected chi connectivity index (χ1v) is 8.56. The van der Waals surface area contributed by atoms with Crippen LogP contribution in [0.5, 0.6) is 0 Å². The molecule has 0 bridgehead atoms. The molecule has 1 atom stereocenters. The molecule has 0 N–H and O–H groups in total. The fourth-order valence-corrected chi connectivity index (χ4v) is 3.26. The fraction of sp³-hybridized carbons (Fsp3) is 0.389. The number of aromatic nitrogens is 4. The van der Waals surface area contributed by atoms with Gasteiger partial charge < -0.3 is 18.7 Å². The van der Waals surface area contributed by atoms with Crippen LogP contribution in [0.4, 0.5) is 0 Å². The molecule has 8 nitrogen and oxygen atoms in total. The molecule has 0 aromatic carbocycles. The summed E-state index contributed by atoms with van der Waals surface area (Å²) in [5.74, 6) is 0.450. The largest absolute Gasteiger partial charge is 0.377 e. The summed E-state index contributed by atoms with van der Waals surface area (Å²) in [7, 11) is 1.97. The van der Waals surface area contributed by atoms with Gasteiger partial charge >= 0.3 is 0 Å². The zero-order chi connectivity index (χ0) is 18.1. The maximum Gasteiger partial charge on any atom is 0.276 e. The molecular formula is C18H21N5O3. The van der Waals surface area contributed by atoms with Crippen molar-refractivity contribution in [3.8, 4) is 0 Å². The smallest absolute Gasteiger partial charge is 0.276 e.